The lowest BCUT2D eigenvalue weighted by Crippen LogP contribution is -1.92. The Morgan fingerprint density at radius 3 is 1.94 bits per heavy atom. The highest BCUT2D eigenvalue weighted by molar-refractivity contribution is 5.71. The summed E-state index contributed by atoms with van der Waals surface area (Å²) in [7, 11) is 0. The molecular weight excluding hydrogens is 196 g/mol. The van der Waals surface area contributed by atoms with Crippen molar-refractivity contribution in [3.05, 3.63) is 47.5 Å². The molecule has 0 unspecified atom stereocenters. The van der Waals surface area contributed by atoms with Gasteiger partial charge >= 0.3 is 0 Å². The molecule has 0 aromatic heterocycles. The SMILES string of the molecule is Cc1cc(-c2ccc(C)c(N)c2)ccc1N. The maximum atomic E-state index is 5.90. The van der Waals surface area contributed by atoms with Crippen LogP contribution < -0.4 is 11.5 Å². The second kappa shape index (κ2) is 3.89. The molecule has 0 amide bonds. The van der Waals surface area contributed by atoms with Crippen molar-refractivity contribution in [1.82, 2.24) is 0 Å². The second-order valence-corrected chi connectivity index (χ2v) is 4.14. The van der Waals surface area contributed by atoms with Gasteiger partial charge in [0.2, 0.25) is 0 Å². The quantitative estimate of drug-likeness (QED) is 0.713. The molecule has 0 aliphatic rings. The summed E-state index contributed by atoms with van der Waals surface area (Å²) < 4.78 is 0. The van der Waals surface area contributed by atoms with Gasteiger partial charge in [-0.25, -0.2) is 0 Å². The van der Waals surface area contributed by atoms with Gasteiger partial charge in [0.05, 0.1) is 0 Å². The van der Waals surface area contributed by atoms with E-state index in [2.05, 4.69) is 12.1 Å². The van der Waals surface area contributed by atoms with E-state index in [1.807, 2.05) is 38.1 Å². The van der Waals surface area contributed by atoms with Crippen molar-refractivity contribution in [1.29, 1.82) is 0 Å². The first-order valence-corrected chi connectivity index (χ1v) is 5.30. The molecule has 2 nitrogen and oxygen atoms in total. The van der Waals surface area contributed by atoms with E-state index in [0.717, 1.165) is 33.6 Å². The number of rotatable bonds is 1. The van der Waals surface area contributed by atoms with E-state index in [-0.39, 0.29) is 0 Å². The van der Waals surface area contributed by atoms with Crippen LogP contribution in [0.15, 0.2) is 36.4 Å². The Kier molecular flexibility index (Phi) is 2.57. The highest BCUT2D eigenvalue weighted by atomic mass is 14.6. The molecule has 4 N–H and O–H groups in total. The third-order valence-corrected chi connectivity index (χ3v) is 2.88. The Morgan fingerprint density at radius 1 is 0.688 bits per heavy atom. The monoisotopic (exact) mass is 212 g/mol. The van der Waals surface area contributed by atoms with Crippen molar-refractivity contribution in [2.45, 2.75) is 13.8 Å². The fourth-order valence-electron chi connectivity index (χ4n) is 1.68. The van der Waals surface area contributed by atoms with Crippen LogP contribution in [0, 0.1) is 13.8 Å². The minimum Gasteiger partial charge on any atom is -0.399 e. The number of nitrogens with two attached hydrogens (primary N) is 2. The second-order valence-electron chi connectivity index (χ2n) is 4.14. The zero-order chi connectivity index (χ0) is 11.7. The average molecular weight is 212 g/mol. The maximum Gasteiger partial charge on any atom is 0.0349 e. The van der Waals surface area contributed by atoms with Crippen LogP contribution in [0.25, 0.3) is 11.1 Å². The smallest absolute Gasteiger partial charge is 0.0349 e. The summed E-state index contributed by atoms with van der Waals surface area (Å²) in [6, 6.07) is 12.2. The number of nitrogen functional groups attached to an aromatic ring is 2. The molecule has 16 heavy (non-hydrogen) atoms. The van der Waals surface area contributed by atoms with Gasteiger partial charge in [-0.1, -0.05) is 18.2 Å². The molecule has 2 rings (SSSR count). The number of aryl methyl sites for hydroxylation is 2. The summed E-state index contributed by atoms with van der Waals surface area (Å²) in [6.07, 6.45) is 0. The maximum absolute atomic E-state index is 5.90. The third kappa shape index (κ3) is 1.87. The van der Waals surface area contributed by atoms with Gasteiger partial charge in [0.25, 0.3) is 0 Å². The van der Waals surface area contributed by atoms with Crippen molar-refractivity contribution in [3.8, 4) is 11.1 Å². The number of hydrogen-bond donors (Lipinski definition) is 2. The Hall–Kier alpha value is -1.96. The van der Waals surface area contributed by atoms with Crippen molar-refractivity contribution in [2.24, 2.45) is 0 Å². The topological polar surface area (TPSA) is 52.0 Å². The molecule has 82 valence electrons. The van der Waals surface area contributed by atoms with E-state index < -0.39 is 0 Å². The zero-order valence-corrected chi connectivity index (χ0v) is 9.62. The van der Waals surface area contributed by atoms with Crippen molar-refractivity contribution in [3.63, 3.8) is 0 Å². The number of benzene rings is 2. The Morgan fingerprint density at radius 2 is 1.31 bits per heavy atom. The first-order valence-electron chi connectivity index (χ1n) is 5.30. The molecule has 0 fully saturated rings. The normalized spacial score (nSPS) is 10.4. The molecule has 2 aromatic carbocycles. The zero-order valence-electron chi connectivity index (χ0n) is 9.62. The number of hydrogen-bond acceptors (Lipinski definition) is 2. The van der Waals surface area contributed by atoms with Crippen LogP contribution >= 0.6 is 0 Å². The lowest BCUT2D eigenvalue weighted by Gasteiger charge is -2.07. The van der Waals surface area contributed by atoms with Gasteiger partial charge < -0.3 is 11.5 Å². The van der Waals surface area contributed by atoms with E-state index >= 15 is 0 Å². The summed E-state index contributed by atoms with van der Waals surface area (Å²) in [5, 5.41) is 0. The molecule has 0 saturated carbocycles. The molecule has 2 heteroatoms. The van der Waals surface area contributed by atoms with Crippen molar-refractivity contribution < 1.29 is 0 Å². The molecular formula is C14H16N2. The van der Waals surface area contributed by atoms with Crippen molar-refractivity contribution >= 4 is 11.4 Å². The van der Waals surface area contributed by atoms with Gasteiger partial charge in [0.1, 0.15) is 0 Å². The standard InChI is InChI=1S/C14H16N2/c1-9-3-4-12(8-14(9)16)11-5-6-13(15)10(2)7-11/h3-8H,15-16H2,1-2H3. The van der Waals surface area contributed by atoms with Crippen LogP contribution in [0.3, 0.4) is 0 Å². The Labute approximate surface area is 95.9 Å². The van der Waals surface area contributed by atoms with E-state index in [4.69, 9.17) is 11.5 Å². The molecule has 0 saturated heterocycles. The molecule has 0 spiro atoms. The van der Waals surface area contributed by atoms with Crippen LogP contribution in [0.5, 0.6) is 0 Å². The van der Waals surface area contributed by atoms with Crippen LogP contribution in [0.2, 0.25) is 0 Å². The molecule has 0 aliphatic carbocycles. The van der Waals surface area contributed by atoms with Crippen molar-refractivity contribution in [2.75, 3.05) is 11.5 Å². The Bertz CT molecular complexity index is 481. The van der Waals surface area contributed by atoms with Gasteiger partial charge in [-0.05, 0) is 54.3 Å². The largest absolute Gasteiger partial charge is 0.399 e. The van der Waals surface area contributed by atoms with E-state index in [9.17, 15) is 0 Å². The van der Waals surface area contributed by atoms with Gasteiger partial charge in [-0.3, -0.25) is 0 Å². The summed E-state index contributed by atoms with van der Waals surface area (Å²) >= 11 is 0. The highest BCUT2D eigenvalue weighted by Gasteiger charge is 2.01. The van der Waals surface area contributed by atoms with Gasteiger partial charge in [0.15, 0.2) is 0 Å². The van der Waals surface area contributed by atoms with E-state index in [1.54, 1.807) is 0 Å². The van der Waals surface area contributed by atoms with Gasteiger partial charge in [-0.15, -0.1) is 0 Å². The lowest BCUT2D eigenvalue weighted by atomic mass is 10.0. The minimum atomic E-state index is 0.823. The lowest BCUT2D eigenvalue weighted by molar-refractivity contribution is 1.44. The van der Waals surface area contributed by atoms with Gasteiger partial charge in [-0.2, -0.15) is 0 Å². The van der Waals surface area contributed by atoms with E-state index in [1.165, 1.54) is 0 Å². The predicted molar refractivity (Wildman–Crippen MR) is 70.2 cm³/mol. The average Bonchev–Trinajstić information content (AvgIpc) is 2.26. The fourth-order valence-corrected chi connectivity index (χ4v) is 1.68. The number of anilines is 2. The molecule has 0 aliphatic heterocycles. The van der Waals surface area contributed by atoms with Crippen LogP contribution in [-0.2, 0) is 0 Å². The predicted octanol–water partition coefficient (Wildman–Crippen LogP) is 3.13. The van der Waals surface area contributed by atoms with Crippen LogP contribution in [-0.4, -0.2) is 0 Å². The van der Waals surface area contributed by atoms with Gasteiger partial charge in [0, 0.05) is 11.4 Å². The summed E-state index contributed by atoms with van der Waals surface area (Å²) in [5.74, 6) is 0. The fraction of sp³-hybridized carbons (Fsp3) is 0.143. The van der Waals surface area contributed by atoms with E-state index in [0.29, 0.717) is 0 Å². The molecule has 0 heterocycles. The van der Waals surface area contributed by atoms with Crippen LogP contribution in [0.4, 0.5) is 11.4 Å². The molecule has 2 aromatic rings. The highest BCUT2D eigenvalue weighted by Crippen LogP contribution is 2.26. The molecule has 0 bridgehead atoms. The first-order chi connectivity index (χ1) is 7.58. The van der Waals surface area contributed by atoms with Crippen LogP contribution in [0.1, 0.15) is 11.1 Å². The summed E-state index contributed by atoms with van der Waals surface area (Å²) in [5.41, 5.74) is 17.8. The minimum absolute atomic E-state index is 0.823. The third-order valence-electron chi connectivity index (χ3n) is 2.88. The Balaban J connectivity index is 2.50. The molecule has 0 atom stereocenters. The summed E-state index contributed by atoms with van der Waals surface area (Å²) in [4.78, 5) is 0. The molecule has 0 radical (unpaired) electrons. The first kappa shape index (κ1) is 10.6. The summed E-state index contributed by atoms with van der Waals surface area (Å²) in [6.45, 7) is 4.02.